The second-order valence-corrected chi connectivity index (χ2v) is 6.22. The van der Waals surface area contributed by atoms with Gasteiger partial charge in [-0.1, -0.05) is 6.92 Å². The summed E-state index contributed by atoms with van der Waals surface area (Å²) in [6, 6.07) is 0.365. The fourth-order valence-electron chi connectivity index (χ4n) is 3.61. The van der Waals surface area contributed by atoms with Crippen LogP contribution in [0.2, 0.25) is 0 Å². The first-order valence-electron chi connectivity index (χ1n) is 7.71. The fourth-order valence-corrected chi connectivity index (χ4v) is 3.61. The molecule has 0 aromatic rings. The van der Waals surface area contributed by atoms with E-state index in [0.717, 1.165) is 52.1 Å². The highest BCUT2D eigenvalue weighted by Gasteiger charge is 2.36. The monoisotopic (exact) mass is 280 g/mol. The summed E-state index contributed by atoms with van der Waals surface area (Å²) in [7, 11) is 0. The molecule has 6 nitrogen and oxygen atoms in total. The summed E-state index contributed by atoms with van der Waals surface area (Å²) >= 11 is 0. The van der Waals surface area contributed by atoms with Crippen molar-refractivity contribution in [1.82, 2.24) is 20.4 Å². The Morgan fingerprint density at radius 3 is 2.50 bits per heavy atom. The molecular weight excluding hydrogens is 256 g/mol. The Hall–Kier alpha value is -1.30. The van der Waals surface area contributed by atoms with Crippen LogP contribution in [-0.4, -0.2) is 67.0 Å². The first kappa shape index (κ1) is 13.7. The molecule has 2 N–H and O–H groups in total. The molecule has 0 bridgehead atoms. The number of nitrogens with zero attached hydrogens (tertiary/aromatic N) is 2. The molecule has 3 aliphatic rings. The third-order valence-electron chi connectivity index (χ3n) is 4.94. The van der Waals surface area contributed by atoms with Crippen LogP contribution in [0.5, 0.6) is 0 Å². The molecule has 0 saturated carbocycles. The smallest absolute Gasteiger partial charge is 0.317 e. The molecule has 3 rings (SSSR count). The molecule has 3 saturated heterocycles. The van der Waals surface area contributed by atoms with Gasteiger partial charge in [0.25, 0.3) is 0 Å². The molecule has 0 aliphatic carbocycles. The van der Waals surface area contributed by atoms with Gasteiger partial charge in [0.05, 0.1) is 5.92 Å². The van der Waals surface area contributed by atoms with Gasteiger partial charge in [-0.25, -0.2) is 4.79 Å². The van der Waals surface area contributed by atoms with E-state index in [1.165, 1.54) is 0 Å². The number of carbonyl (C=O) groups excluding carboxylic acids is 2. The maximum Gasteiger partial charge on any atom is 0.317 e. The van der Waals surface area contributed by atoms with Crippen LogP contribution in [0.1, 0.15) is 19.8 Å². The molecular formula is C14H24N4O2. The number of piperidine rings is 1. The number of rotatable bonds is 2. The summed E-state index contributed by atoms with van der Waals surface area (Å²) in [5.74, 6) is 0.873. The highest BCUT2D eigenvalue weighted by molar-refractivity contribution is 5.80. The van der Waals surface area contributed by atoms with Gasteiger partial charge in [-0.2, -0.15) is 0 Å². The molecule has 6 heteroatoms. The highest BCUT2D eigenvalue weighted by atomic mass is 16.2. The van der Waals surface area contributed by atoms with Gasteiger partial charge in [-0.3, -0.25) is 4.79 Å². The zero-order valence-corrected chi connectivity index (χ0v) is 12.1. The topological polar surface area (TPSA) is 64.7 Å². The number of amides is 3. The predicted molar refractivity (Wildman–Crippen MR) is 75.2 cm³/mol. The Kier molecular flexibility index (Phi) is 3.83. The SMILES string of the molecule is C[C@@H]1CNC[C@H]1C(=O)N1CCC(N2CCNC2=O)CC1. The lowest BCUT2D eigenvalue weighted by Gasteiger charge is -2.37. The van der Waals surface area contributed by atoms with Crippen molar-refractivity contribution in [2.75, 3.05) is 39.3 Å². The van der Waals surface area contributed by atoms with Crippen molar-refractivity contribution in [3.63, 3.8) is 0 Å². The number of hydrogen-bond acceptors (Lipinski definition) is 3. The molecule has 3 amide bonds. The standard InChI is InChI=1S/C14H24N4O2/c1-10-8-15-9-12(10)13(19)17-5-2-11(3-6-17)18-7-4-16-14(18)20/h10-12,15H,2-9H2,1H3,(H,16,20)/t10-,12-/m1/s1. The van der Waals surface area contributed by atoms with Crippen molar-refractivity contribution in [2.45, 2.75) is 25.8 Å². The summed E-state index contributed by atoms with van der Waals surface area (Å²) in [6.07, 6.45) is 1.82. The average molecular weight is 280 g/mol. The molecule has 0 unspecified atom stereocenters. The van der Waals surface area contributed by atoms with Gasteiger partial charge in [-0.15, -0.1) is 0 Å². The van der Waals surface area contributed by atoms with Crippen molar-refractivity contribution in [3.8, 4) is 0 Å². The van der Waals surface area contributed by atoms with Crippen LogP contribution in [0.15, 0.2) is 0 Å². The van der Waals surface area contributed by atoms with E-state index in [1.807, 2.05) is 9.80 Å². The minimum Gasteiger partial charge on any atom is -0.342 e. The molecule has 0 aromatic carbocycles. The fraction of sp³-hybridized carbons (Fsp3) is 0.857. The van der Waals surface area contributed by atoms with E-state index in [1.54, 1.807) is 0 Å². The molecule has 0 spiro atoms. The van der Waals surface area contributed by atoms with E-state index in [2.05, 4.69) is 17.6 Å². The van der Waals surface area contributed by atoms with Crippen molar-refractivity contribution in [1.29, 1.82) is 0 Å². The molecule has 0 aromatic heterocycles. The number of nitrogens with one attached hydrogen (secondary N) is 2. The zero-order valence-electron chi connectivity index (χ0n) is 12.1. The van der Waals surface area contributed by atoms with E-state index in [0.29, 0.717) is 17.9 Å². The Morgan fingerprint density at radius 2 is 1.95 bits per heavy atom. The lowest BCUT2D eigenvalue weighted by atomic mass is 9.94. The van der Waals surface area contributed by atoms with E-state index in [9.17, 15) is 9.59 Å². The lowest BCUT2D eigenvalue weighted by Crippen LogP contribution is -2.49. The van der Waals surface area contributed by atoms with Gasteiger partial charge >= 0.3 is 6.03 Å². The predicted octanol–water partition coefficient (Wildman–Crippen LogP) is -0.142. The van der Waals surface area contributed by atoms with E-state index in [-0.39, 0.29) is 11.9 Å². The molecule has 0 radical (unpaired) electrons. The van der Waals surface area contributed by atoms with Gasteiger partial charge in [0.15, 0.2) is 0 Å². The molecule has 2 atom stereocenters. The second-order valence-electron chi connectivity index (χ2n) is 6.22. The number of likely N-dealkylation sites (tertiary alicyclic amines) is 1. The maximum absolute atomic E-state index is 12.5. The Balaban J connectivity index is 1.53. The van der Waals surface area contributed by atoms with E-state index in [4.69, 9.17) is 0 Å². The highest BCUT2D eigenvalue weighted by Crippen LogP contribution is 2.23. The molecule has 20 heavy (non-hydrogen) atoms. The molecule has 3 aliphatic heterocycles. The van der Waals surface area contributed by atoms with E-state index >= 15 is 0 Å². The lowest BCUT2D eigenvalue weighted by molar-refractivity contribution is -0.137. The van der Waals surface area contributed by atoms with Crippen molar-refractivity contribution < 1.29 is 9.59 Å². The average Bonchev–Trinajstić information content (AvgIpc) is 3.07. The van der Waals surface area contributed by atoms with Gasteiger partial charge < -0.3 is 20.4 Å². The number of hydrogen-bond donors (Lipinski definition) is 2. The maximum atomic E-state index is 12.5. The largest absolute Gasteiger partial charge is 0.342 e. The molecule has 3 fully saturated rings. The van der Waals surface area contributed by atoms with Gasteiger partial charge in [0.2, 0.25) is 5.91 Å². The third kappa shape index (κ3) is 2.49. The summed E-state index contributed by atoms with van der Waals surface area (Å²) in [5, 5.41) is 6.14. The van der Waals surface area contributed by atoms with Crippen LogP contribution in [0.3, 0.4) is 0 Å². The van der Waals surface area contributed by atoms with Crippen LogP contribution >= 0.6 is 0 Å². The van der Waals surface area contributed by atoms with E-state index < -0.39 is 0 Å². The van der Waals surface area contributed by atoms with Crippen molar-refractivity contribution >= 4 is 11.9 Å². The van der Waals surface area contributed by atoms with Crippen molar-refractivity contribution in [2.24, 2.45) is 11.8 Å². The first-order valence-corrected chi connectivity index (χ1v) is 7.71. The number of urea groups is 1. The van der Waals surface area contributed by atoms with Crippen LogP contribution in [0.25, 0.3) is 0 Å². The summed E-state index contributed by atoms with van der Waals surface area (Å²) < 4.78 is 0. The first-order chi connectivity index (χ1) is 9.66. The van der Waals surface area contributed by atoms with Gasteiger partial charge in [-0.05, 0) is 25.3 Å². The number of carbonyl (C=O) groups is 2. The molecule has 112 valence electrons. The quantitative estimate of drug-likeness (QED) is 0.740. The van der Waals surface area contributed by atoms with Crippen LogP contribution in [-0.2, 0) is 4.79 Å². The minimum atomic E-state index is 0.0587. The second kappa shape index (κ2) is 5.60. The normalized spacial score (nSPS) is 31.8. The van der Waals surface area contributed by atoms with Gasteiger partial charge in [0.1, 0.15) is 0 Å². The summed E-state index contributed by atoms with van der Waals surface area (Å²) in [4.78, 5) is 28.1. The minimum absolute atomic E-state index is 0.0587. The van der Waals surface area contributed by atoms with Crippen LogP contribution in [0.4, 0.5) is 4.79 Å². The van der Waals surface area contributed by atoms with Crippen LogP contribution < -0.4 is 10.6 Å². The van der Waals surface area contributed by atoms with Crippen LogP contribution in [0, 0.1) is 11.8 Å². The zero-order chi connectivity index (χ0) is 14.1. The Bertz CT molecular complexity index is 393. The molecule has 3 heterocycles. The van der Waals surface area contributed by atoms with Crippen molar-refractivity contribution in [3.05, 3.63) is 0 Å². The summed E-state index contributed by atoms with van der Waals surface area (Å²) in [5.41, 5.74) is 0. The Labute approximate surface area is 119 Å². The van der Waals surface area contributed by atoms with Gasteiger partial charge in [0, 0.05) is 38.8 Å². The Morgan fingerprint density at radius 1 is 1.20 bits per heavy atom. The summed E-state index contributed by atoms with van der Waals surface area (Å²) in [6.45, 7) is 7.04. The third-order valence-corrected chi connectivity index (χ3v) is 4.94.